The number of amides is 3. The Morgan fingerprint density at radius 3 is 2.62 bits per heavy atom. The van der Waals surface area contributed by atoms with E-state index in [0.29, 0.717) is 24.3 Å². The van der Waals surface area contributed by atoms with Crippen LogP contribution < -0.4 is 21.1 Å². The molecule has 192 valence electrons. The molecule has 13 heteroatoms. The van der Waals surface area contributed by atoms with Crippen LogP contribution >= 0.6 is 23.2 Å². The molecule has 1 aliphatic heterocycles. The Morgan fingerprint density at radius 2 is 1.92 bits per heavy atom. The second-order valence-corrected chi connectivity index (χ2v) is 8.89. The van der Waals surface area contributed by atoms with Crippen LogP contribution in [0.2, 0.25) is 10.0 Å². The fourth-order valence-electron chi connectivity index (χ4n) is 3.64. The van der Waals surface area contributed by atoms with Gasteiger partial charge in [-0.15, -0.1) is 10.2 Å². The molecular weight excluding hydrogens is 526 g/mol. The van der Waals surface area contributed by atoms with E-state index in [2.05, 4.69) is 20.8 Å². The van der Waals surface area contributed by atoms with E-state index in [1.54, 1.807) is 31.2 Å². The van der Waals surface area contributed by atoms with E-state index in [1.807, 2.05) is 0 Å². The molecule has 0 spiro atoms. The van der Waals surface area contributed by atoms with E-state index >= 15 is 0 Å². The van der Waals surface area contributed by atoms with Gasteiger partial charge >= 0.3 is 0 Å². The average Bonchev–Trinajstić information content (AvgIpc) is 2.88. The largest absolute Gasteiger partial charge is 0.482 e. The van der Waals surface area contributed by atoms with Crippen molar-refractivity contribution < 1.29 is 23.5 Å². The fourth-order valence-corrected chi connectivity index (χ4v) is 4.32. The van der Waals surface area contributed by atoms with Crippen LogP contribution in [0.15, 0.2) is 42.5 Å². The maximum absolute atomic E-state index is 13.9. The van der Waals surface area contributed by atoms with E-state index in [4.69, 9.17) is 33.7 Å². The number of nitrogens with two attached hydrogens (primary N) is 1. The molecule has 1 saturated heterocycles. The molecule has 1 aliphatic rings. The van der Waals surface area contributed by atoms with Crippen LogP contribution in [0.1, 0.15) is 39.4 Å². The summed E-state index contributed by atoms with van der Waals surface area (Å²) in [5, 5.41) is 12.9. The molecule has 3 amide bonds. The lowest BCUT2D eigenvalue weighted by Crippen LogP contribution is -2.49. The number of nitrogens with zero attached hydrogens (tertiary/aromatic N) is 3. The van der Waals surface area contributed by atoms with Crippen molar-refractivity contribution in [2.24, 2.45) is 0 Å². The first kappa shape index (κ1) is 26.1. The topological polar surface area (TPSA) is 140 Å². The highest BCUT2D eigenvalue weighted by Crippen LogP contribution is 2.35. The average molecular weight is 547 g/mol. The number of hydrogen-bond donors (Lipinski definition) is 3. The lowest BCUT2D eigenvalue weighted by Gasteiger charge is -2.26. The zero-order chi connectivity index (χ0) is 26.7. The third-order valence-corrected chi connectivity index (χ3v) is 6.24. The third kappa shape index (κ3) is 5.89. The van der Waals surface area contributed by atoms with Crippen molar-refractivity contribution >= 4 is 52.4 Å². The van der Waals surface area contributed by atoms with Crippen molar-refractivity contribution in [3.63, 3.8) is 0 Å². The monoisotopic (exact) mass is 546 g/mol. The minimum Gasteiger partial charge on any atom is -0.482 e. The molecule has 10 nitrogen and oxygen atoms in total. The molecule has 0 unspecified atom stereocenters. The zero-order valence-corrected chi connectivity index (χ0v) is 20.9. The van der Waals surface area contributed by atoms with Crippen LogP contribution in [-0.4, -0.2) is 52.5 Å². The second-order valence-electron chi connectivity index (χ2n) is 8.10. The molecule has 1 atom stereocenters. The van der Waals surface area contributed by atoms with Gasteiger partial charge < -0.3 is 26.0 Å². The van der Waals surface area contributed by atoms with Gasteiger partial charge in [-0.2, -0.15) is 0 Å². The normalized spacial score (nSPS) is 14.1. The van der Waals surface area contributed by atoms with Crippen molar-refractivity contribution in [3.05, 3.63) is 75.1 Å². The molecule has 1 aromatic heterocycles. The maximum atomic E-state index is 13.9. The third-order valence-electron chi connectivity index (χ3n) is 5.52. The summed E-state index contributed by atoms with van der Waals surface area (Å²) in [5.74, 6) is -1.85. The molecule has 0 bridgehead atoms. The Morgan fingerprint density at radius 1 is 1.19 bits per heavy atom. The number of ether oxygens (including phenoxy) is 1. The molecule has 0 saturated carbocycles. The molecule has 4 N–H and O–H groups in total. The highest BCUT2D eigenvalue weighted by atomic mass is 35.5. The Hall–Kier alpha value is -3.96. The van der Waals surface area contributed by atoms with Gasteiger partial charge in [0.1, 0.15) is 11.9 Å². The molecule has 2 heterocycles. The van der Waals surface area contributed by atoms with Gasteiger partial charge in [0.15, 0.2) is 17.3 Å². The van der Waals surface area contributed by atoms with Crippen molar-refractivity contribution in [1.82, 2.24) is 20.4 Å². The quantitative estimate of drug-likeness (QED) is 0.402. The van der Waals surface area contributed by atoms with Gasteiger partial charge in [-0.1, -0.05) is 23.2 Å². The molecule has 2 aromatic carbocycles. The number of carbonyl (C=O) groups is 3. The standard InChI is InChI=1S/C24H21Cl2FN6O4/c1-12(20-15(25)6-7-16(27)21(20)26)37-18-10-17(31-32-22(18)28)23(35)30-14-4-2-13(3-5-14)24(36)33-9-8-29-19(34)11-33/h2-7,10,12H,8-9,11H2,1H3,(H2,28,32)(H,29,34)(H,30,35)/t12-/m1/s1. The van der Waals surface area contributed by atoms with Gasteiger partial charge in [0.2, 0.25) is 5.91 Å². The van der Waals surface area contributed by atoms with Crippen molar-refractivity contribution in [3.8, 4) is 5.75 Å². The zero-order valence-electron chi connectivity index (χ0n) is 19.4. The Balaban J connectivity index is 1.45. The Labute approximate surface area is 220 Å². The SMILES string of the molecule is C[C@@H](Oc1cc(C(=O)Nc2ccc(C(=O)N3CCNC(=O)C3)cc2)nnc1N)c1c(Cl)ccc(F)c1Cl. The van der Waals surface area contributed by atoms with Crippen molar-refractivity contribution in [2.75, 3.05) is 30.7 Å². The Bertz CT molecular complexity index is 1370. The number of anilines is 2. The van der Waals surface area contributed by atoms with E-state index in [-0.39, 0.29) is 51.2 Å². The molecule has 0 aliphatic carbocycles. The summed E-state index contributed by atoms with van der Waals surface area (Å²) >= 11 is 12.2. The number of aromatic nitrogens is 2. The maximum Gasteiger partial charge on any atom is 0.276 e. The minimum absolute atomic E-state index is 0.00618. The lowest BCUT2D eigenvalue weighted by atomic mass is 10.1. The fraction of sp³-hybridized carbons (Fsp3) is 0.208. The van der Waals surface area contributed by atoms with Crippen LogP contribution in [0.4, 0.5) is 15.9 Å². The smallest absolute Gasteiger partial charge is 0.276 e. The first-order valence-electron chi connectivity index (χ1n) is 11.0. The van der Waals surface area contributed by atoms with E-state index in [0.717, 1.165) is 6.07 Å². The van der Waals surface area contributed by atoms with Crippen molar-refractivity contribution in [2.45, 2.75) is 13.0 Å². The van der Waals surface area contributed by atoms with Crippen molar-refractivity contribution in [1.29, 1.82) is 0 Å². The van der Waals surface area contributed by atoms with Gasteiger partial charge in [0, 0.05) is 41.0 Å². The molecule has 37 heavy (non-hydrogen) atoms. The summed E-state index contributed by atoms with van der Waals surface area (Å²) in [6, 6.07) is 9.96. The van der Waals surface area contributed by atoms with Gasteiger partial charge in [0.05, 0.1) is 11.6 Å². The van der Waals surface area contributed by atoms with Crippen LogP contribution in [-0.2, 0) is 4.79 Å². The minimum atomic E-state index is -0.825. The molecule has 4 rings (SSSR count). The summed E-state index contributed by atoms with van der Waals surface area (Å²) in [6.45, 7) is 2.40. The number of benzene rings is 2. The Kier molecular flexibility index (Phi) is 7.74. The number of halogens is 3. The summed E-state index contributed by atoms with van der Waals surface area (Å²) in [4.78, 5) is 38.3. The predicted molar refractivity (Wildman–Crippen MR) is 135 cm³/mol. The van der Waals surface area contributed by atoms with Gasteiger partial charge in [-0.25, -0.2) is 4.39 Å². The van der Waals surface area contributed by atoms with Crippen LogP contribution in [0, 0.1) is 5.82 Å². The van der Waals surface area contributed by atoms with Crippen LogP contribution in [0.25, 0.3) is 0 Å². The molecular formula is C24H21Cl2FN6O4. The highest BCUT2D eigenvalue weighted by molar-refractivity contribution is 6.36. The van der Waals surface area contributed by atoms with Gasteiger partial charge in [-0.3, -0.25) is 14.4 Å². The molecule has 3 aromatic rings. The number of nitrogens with one attached hydrogen (secondary N) is 2. The second kappa shape index (κ2) is 11.0. The lowest BCUT2D eigenvalue weighted by molar-refractivity contribution is -0.123. The number of carbonyl (C=O) groups excluding carboxylic acids is 3. The van der Waals surface area contributed by atoms with E-state index < -0.39 is 17.8 Å². The van der Waals surface area contributed by atoms with E-state index in [9.17, 15) is 18.8 Å². The van der Waals surface area contributed by atoms with Gasteiger partial charge in [-0.05, 0) is 43.3 Å². The summed E-state index contributed by atoms with van der Waals surface area (Å²) in [6.07, 6.45) is -0.825. The number of piperazine rings is 1. The molecule has 0 radical (unpaired) electrons. The van der Waals surface area contributed by atoms with E-state index in [1.165, 1.54) is 17.0 Å². The summed E-state index contributed by atoms with van der Waals surface area (Å²) in [5.41, 5.74) is 6.74. The highest BCUT2D eigenvalue weighted by Gasteiger charge is 2.23. The first-order chi connectivity index (χ1) is 17.6. The van der Waals surface area contributed by atoms with Gasteiger partial charge in [0.25, 0.3) is 11.8 Å². The number of rotatable bonds is 6. The summed E-state index contributed by atoms with van der Waals surface area (Å²) < 4.78 is 19.7. The number of hydrogen-bond acceptors (Lipinski definition) is 7. The first-order valence-corrected chi connectivity index (χ1v) is 11.8. The molecule has 1 fully saturated rings. The van der Waals surface area contributed by atoms with Crippen LogP contribution in [0.3, 0.4) is 0 Å². The predicted octanol–water partition coefficient (Wildman–Crippen LogP) is 3.47. The summed E-state index contributed by atoms with van der Waals surface area (Å²) in [7, 11) is 0. The number of nitrogen functional groups attached to an aromatic ring is 1. The van der Waals surface area contributed by atoms with Crippen LogP contribution in [0.5, 0.6) is 5.75 Å².